The molecule has 1 heterocycles. The maximum absolute atomic E-state index is 12.6. The fourth-order valence-electron chi connectivity index (χ4n) is 5.10. The van der Waals surface area contributed by atoms with Gasteiger partial charge in [-0.25, -0.2) is 13.0 Å². The summed E-state index contributed by atoms with van der Waals surface area (Å²) in [6, 6.07) is 16.9. The van der Waals surface area contributed by atoms with E-state index >= 15 is 0 Å². The normalized spacial score (nSPS) is 11.6. The number of nitrogens with zero attached hydrogens (tertiary/aromatic N) is 2. The first-order valence-electron chi connectivity index (χ1n) is 13.3. The van der Waals surface area contributed by atoms with Crippen LogP contribution in [-0.2, 0) is 16.7 Å². The predicted octanol–water partition coefficient (Wildman–Crippen LogP) is 4.49. The maximum Gasteiger partial charge on any atom is 0.203 e. The highest BCUT2D eigenvalue weighted by Gasteiger charge is 2.23. The van der Waals surface area contributed by atoms with Crippen LogP contribution in [0.3, 0.4) is 0 Å². The van der Waals surface area contributed by atoms with Gasteiger partial charge in [-0.2, -0.15) is 0 Å². The number of hydrogen-bond donors (Lipinski definition) is 1. The third-order valence-corrected chi connectivity index (χ3v) is 7.96. The predicted molar refractivity (Wildman–Crippen MR) is 157 cm³/mol. The summed E-state index contributed by atoms with van der Waals surface area (Å²) in [5, 5.41) is 4.79. The van der Waals surface area contributed by atoms with Crippen molar-refractivity contribution in [2.24, 2.45) is 0 Å². The van der Waals surface area contributed by atoms with E-state index in [1.165, 1.54) is 6.07 Å². The Morgan fingerprint density at radius 3 is 2.33 bits per heavy atom. The largest absolute Gasteiger partial charge is 0.744 e. The van der Waals surface area contributed by atoms with Crippen molar-refractivity contribution in [2.45, 2.75) is 39.1 Å². The number of terminal acetylenes is 1. The maximum atomic E-state index is 12.6. The second-order valence-electron chi connectivity index (χ2n) is 9.27. The van der Waals surface area contributed by atoms with Gasteiger partial charge in [-0.15, -0.1) is 6.42 Å². The van der Waals surface area contributed by atoms with Crippen LogP contribution in [0.4, 0.5) is 5.69 Å². The van der Waals surface area contributed by atoms with Gasteiger partial charge >= 0.3 is 0 Å². The minimum atomic E-state index is -4.80. The Hall–Kier alpha value is -3.64. The number of nitrogens with one attached hydrogen (secondary N) is 1. The Bertz CT molecular complexity index is 1670. The number of anilines is 1. The molecule has 0 atom stereocenters. The van der Waals surface area contributed by atoms with Crippen molar-refractivity contribution < 1.29 is 17.4 Å². The van der Waals surface area contributed by atoms with E-state index in [9.17, 15) is 13.0 Å². The van der Waals surface area contributed by atoms with Gasteiger partial charge in [0, 0.05) is 59.5 Å². The molecule has 0 saturated heterocycles. The molecule has 2 aromatic rings. The fraction of sp³-hybridized carbons (Fsp3) is 0.323. The molecule has 0 radical (unpaired) electrons. The minimum Gasteiger partial charge on any atom is -0.744 e. The van der Waals surface area contributed by atoms with Gasteiger partial charge in [0.25, 0.3) is 0 Å². The first kappa shape index (κ1) is 28.4. The molecule has 8 heteroatoms. The van der Waals surface area contributed by atoms with Crippen molar-refractivity contribution >= 4 is 26.8 Å². The van der Waals surface area contributed by atoms with Crippen LogP contribution in [0, 0.1) is 12.3 Å². The Balaban J connectivity index is 2.09. The highest BCUT2D eigenvalue weighted by molar-refractivity contribution is 7.85. The lowest BCUT2D eigenvalue weighted by molar-refractivity contribution is 0.463. The van der Waals surface area contributed by atoms with Gasteiger partial charge in [-0.3, -0.25) is 0 Å². The zero-order valence-corrected chi connectivity index (χ0v) is 23.8. The van der Waals surface area contributed by atoms with Crippen LogP contribution in [0.1, 0.15) is 33.3 Å². The first-order chi connectivity index (χ1) is 18.7. The van der Waals surface area contributed by atoms with Gasteiger partial charge < -0.3 is 19.2 Å². The van der Waals surface area contributed by atoms with E-state index in [2.05, 4.69) is 48.4 Å². The molecule has 1 aliphatic carbocycles. The highest BCUT2D eigenvalue weighted by atomic mass is 32.2. The molecule has 1 aliphatic heterocycles. The number of benzene rings is 3. The van der Waals surface area contributed by atoms with Gasteiger partial charge in [0.05, 0.1) is 17.5 Å². The summed E-state index contributed by atoms with van der Waals surface area (Å²) >= 11 is 0. The summed E-state index contributed by atoms with van der Waals surface area (Å²) in [6.07, 6.45) is 5.32. The zero-order chi connectivity index (χ0) is 28.2. The molecule has 4 rings (SSSR count). The Morgan fingerprint density at radius 1 is 0.974 bits per heavy atom. The summed E-state index contributed by atoms with van der Waals surface area (Å²) < 4.78 is 46.4. The van der Waals surface area contributed by atoms with Crippen molar-refractivity contribution in [3.8, 4) is 34.8 Å². The second-order valence-corrected chi connectivity index (χ2v) is 10.6. The number of hydrogen-bond acceptors (Lipinski definition) is 6. The van der Waals surface area contributed by atoms with Crippen molar-refractivity contribution in [3.63, 3.8) is 0 Å². The first-order valence-corrected chi connectivity index (χ1v) is 14.7. The van der Waals surface area contributed by atoms with E-state index in [0.717, 1.165) is 48.2 Å². The van der Waals surface area contributed by atoms with E-state index in [4.69, 9.17) is 10.8 Å². The van der Waals surface area contributed by atoms with Crippen LogP contribution < -0.4 is 20.1 Å². The van der Waals surface area contributed by atoms with Gasteiger partial charge in [0.2, 0.25) is 5.36 Å². The van der Waals surface area contributed by atoms with E-state index < -0.39 is 10.1 Å². The molecule has 2 aromatic carbocycles. The monoisotopic (exact) mass is 545 g/mol. The van der Waals surface area contributed by atoms with Crippen molar-refractivity contribution in [3.05, 3.63) is 65.5 Å². The standard InChI is InChI=1S/C31H35N3O4S/c1-6-17-32-21-22-11-14-27(30(18-22)39(35,36)37)31-25-15-12-23(33(7-2)8-3)19-28(25)38-29-20-24(13-16-26(29)31)34(9-4)10-5/h1,11-16,18-20,32H,7-10,17,21H2,2-5H3. The molecule has 39 heavy (non-hydrogen) atoms. The summed E-state index contributed by atoms with van der Waals surface area (Å²) in [5.74, 6) is 3.11. The van der Waals surface area contributed by atoms with E-state index in [1.54, 1.807) is 6.07 Å². The summed E-state index contributed by atoms with van der Waals surface area (Å²) in [7, 11) is -4.80. The van der Waals surface area contributed by atoms with Crippen molar-refractivity contribution in [1.29, 1.82) is 0 Å². The molecule has 2 aliphatic rings. The Morgan fingerprint density at radius 2 is 1.69 bits per heavy atom. The van der Waals surface area contributed by atoms with Crippen LogP contribution in [0.15, 0.2) is 63.9 Å². The second kappa shape index (κ2) is 12.0. The number of rotatable bonds is 10. The third-order valence-electron chi connectivity index (χ3n) is 7.09. The van der Waals surface area contributed by atoms with E-state index in [-0.39, 0.29) is 4.90 Å². The fourth-order valence-corrected chi connectivity index (χ4v) is 5.83. The molecule has 0 aromatic heterocycles. The van der Waals surface area contributed by atoms with Gasteiger partial charge in [-0.05, 0) is 57.5 Å². The van der Waals surface area contributed by atoms with Crippen LogP contribution in [0.25, 0.3) is 33.4 Å². The summed E-state index contributed by atoms with van der Waals surface area (Å²) in [5.41, 5.74) is 4.02. The van der Waals surface area contributed by atoms with E-state index in [0.29, 0.717) is 41.1 Å². The molecular formula is C31H35N3O4S. The zero-order valence-electron chi connectivity index (χ0n) is 23.0. The molecule has 1 N–H and O–H groups in total. The molecule has 0 unspecified atom stereocenters. The van der Waals surface area contributed by atoms with E-state index in [1.807, 2.05) is 42.5 Å². The molecule has 0 fully saturated rings. The lowest BCUT2D eigenvalue weighted by Crippen LogP contribution is -2.29. The molecule has 7 nitrogen and oxygen atoms in total. The molecule has 0 spiro atoms. The van der Waals surface area contributed by atoms with Crippen LogP contribution >= 0.6 is 0 Å². The quantitative estimate of drug-likeness (QED) is 0.104. The molecule has 0 amide bonds. The third kappa shape index (κ3) is 5.86. The minimum absolute atomic E-state index is 0.267. The van der Waals surface area contributed by atoms with Crippen molar-refractivity contribution in [1.82, 2.24) is 9.89 Å². The highest BCUT2D eigenvalue weighted by Crippen LogP contribution is 2.43. The Kier molecular flexibility index (Phi) is 8.76. The summed E-state index contributed by atoms with van der Waals surface area (Å²) in [6.45, 7) is 12.4. The lowest BCUT2D eigenvalue weighted by atomic mass is 9.92. The van der Waals surface area contributed by atoms with Crippen LogP contribution in [0.5, 0.6) is 0 Å². The topological polar surface area (TPSA) is 88.6 Å². The molecule has 204 valence electrons. The SMILES string of the molecule is C#CCNCc1ccc(-c2c3ccc(=[N+](CC)CC)cc-3oc3cc(N(CC)CC)ccc23)c(S(=O)(=O)[O-])c1. The van der Waals surface area contributed by atoms with Crippen LogP contribution in [-0.4, -0.2) is 45.7 Å². The average Bonchev–Trinajstić information content (AvgIpc) is 2.92. The lowest BCUT2D eigenvalue weighted by Gasteiger charge is -2.23. The number of fused-ring (bicyclic) bond motifs is 2. The Labute approximate surface area is 230 Å². The molecule has 0 saturated carbocycles. The van der Waals surface area contributed by atoms with Crippen LogP contribution in [0.2, 0.25) is 0 Å². The summed E-state index contributed by atoms with van der Waals surface area (Å²) in [4.78, 5) is 1.95. The molecular weight excluding hydrogens is 510 g/mol. The molecule has 0 bridgehead atoms. The van der Waals surface area contributed by atoms with Gasteiger partial charge in [0.1, 0.15) is 34.6 Å². The smallest absolute Gasteiger partial charge is 0.203 e. The average molecular weight is 546 g/mol. The van der Waals surface area contributed by atoms with Gasteiger partial charge in [-0.1, -0.05) is 18.1 Å². The van der Waals surface area contributed by atoms with Gasteiger partial charge in [0.15, 0.2) is 0 Å². The van der Waals surface area contributed by atoms with Crippen molar-refractivity contribution in [2.75, 3.05) is 37.6 Å².